The monoisotopic (exact) mass is 308 g/mol. The Morgan fingerprint density at radius 3 is 2.82 bits per heavy atom. The number of carbonyl (C=O) groups is 1. The van der Waals surface area contributed by atoms with Crippen molar-refractivity contribution >= 4 is 5.91 Å². The van der Waals surface area contributed by atoms with E-state index in [4.69, 9.17) is 9.15 Å². The van der Waals surface area contributed by atoms with E-state index in [2.05, 4.69) is 4.90 Å². The standard InChI is InChI=1S/C16H24N2O4/c1-12-8-18(11-16(12,2)20)15(19)13-7-14(22-10-13)9-17-3-5-21-6-4-17/h7,10,12,20H,3-6,8-9,11H2,1-2H3. The number of hydrogen-bond donors (Lipinski definition) is 1. The van der Waals surface area contributed by atoms with Crippen LogP contribution in [0.25, 0.3) is 0 Å². The van der Waals surface area contributed by atoms with Gasteiger partial charge in [-0.25, -0.2) is 0 Å². The van der Waals surface area contributed by atoms with Gasteiger partial charge in [0.25, 0.3) is 5.91 Å². The highest BCUT2D eigenvalue weighted by Gasteiger charge is 2.40. The molecule has 0 aromatic carbocycles. The van der Waals surface area contributed by atoms with Gasteiger partial charge in [0.1, 0.15) is 12.0 Å². The summed E-state index contributed by atoms with van der Waals surface area (Å²) < 4.78 is 10.9. The molecule has 1 amide bonds. The van der Waals surface area contributed by atoms with Crippen LogP contribution in [0.4, 0.5) is 0 Å². The number of β-amino-alcohol motifs (C(OH)–C–C–N with tert-alkyl or cyclic N) is 1. The van der Waals surface area contributed by atoms with Crippen LogP contribution < -0.4 is 0 Å². The van der Waals surface area contributed by atoms with E-state index in [-0.39, 0.29) is 11.8 Å². The molecule has 122 valence electrons. The van der Waals surface area contributed by atoms with Gasteiger partial charge in [0.05, 0.1) is 30.9 Å². The lowest BCUT2D eigenvalue weighted by Gasteiger charge is -2.25. The highest BCUT2D eigenvalue weighted by molar-refractivity contribution is 5.94. The number of ether oxygens (including phenoxy) is 1. The molecule has 22 heavy (non-hydrogen) atoms. The first-order chi connectivity index (χ1) is 10.5. The molecular formula is C16H24N2O4. The first kappa shape index (κ1) is 15.5. The fourth-order valence-electron chi connectivity index (χ4n) is 3.03. The Bertz CT molecular complexity index is 534. The van der Waals surface area contributed by atoms with Crippen molar-refractivity contribution in [1.82, 2.24) is 9.80 Å². The topological polar surface area (TPSA) is 66.2 Å². The molecular weight excluding hydrogens is 284 g/mol. The van der Waals surface area contributed by atoms with Gasteiger partial charge in [-0.3, -0.25) is 9.69 Å². The lowest BCUT2D eigenvalue weighted by molar-refractivity contribution is 0.0313. The molecule has 6 nitrogen and oxygen atoms in total. The summed E-state index contributed by atoms with van der Waals surface area (Å²) in [6.45, 7) is 8.65. The molecule has 3 heterocycles. The summed E-state index contributed by atoms with van der Waals surface area (Å²) in [6.07, 6.45) is 1.52. The summed E-state index contributed by atoms with van der Waals surface area (Å²) in [5.74, 6) is 0.807. The van der Waals surface area contributed by atoms with Crippen molar-refractivity contribution in [2.75, 3.05) is 39.4 Å². The zero-order valence-electron chi connectivity index (χ0n) is 13.2. The second-order valence-corrected chi connectivity index (χ2v) is 6.63. The maximum Gasteiger partial charge on any atom is 0.257 e. The molecule has 2 aliphatic rings. The second kappa shape index (κ2) is 6.02. The van der Waals surface area contributed by atoms with Crippen molar-refractivity contribution in [2.24, 2.45) is 5.92 Å². The zero-order valence-corrected chi connectivity index (χ0v) is 13.2. The third kappa shape index (κ3) is 3.19. The Morgan fingerprint density at radius 2 is 2.18 bits per heavy atom. The lowest BCUT2D eigenvalue weighted by atomic mass is 9.95. The minimum atomic E-state index is -0.809. The summed E-state index contributed by atoms with van der Waals surface area (Å²) in [6, 6.07) is 1.81. The van der Waals surface area contributed by atoms with E-state index in [0.29, 0.717) is 25.2 Å². The second-order valence-electron chi connectivity index (χ2n) is 6.63. The molecule has 1 aromatic heterocycles. The molecule has 1 N–H and O–H groups in total. The number of rotatable bonds is 3. The summed E-state index contributed by atoms with van der Waals surface area (Å²) in [4.78, 5) is 16.5. The van der Waals surface area contributed by atoms with E-state index < -0.39 is 5.60 Å². The molecule has 3 rings (SSSR count). The Kier molecular flexibility index (Phi) is 4.25. The molecule has 0 saturated carbocycles. The number of hydrogen-bond acceptors (Lipinski definition) is 5. The Balaban J connectivity index is 1.62. The predicted octanol–water partition coefficient (Wildman–Crippen LogP) is 0.955. The van der Waals surface area contributed by atoms with Crippen molar-refractivity contribution in [2.45, 2.75) is 26.0 Å². The molecule has 0 radical (unpaired) electrons. The van der Waals surface area contributed by atoms with Gasteiger partial charge in [0.2, 0.25) is 0 Å². The van der Waals surface area contributed by atoms with E-state index in [1.807, 2.05) is 13.0 Å². The van der Waals surface area contributed by atoms with Crippen LogP contribution in [0.1, 0.15) is 30.0 Å². The van der Waals surface area contributed by atoms with Crippen LogP contribution in [-0.2, 0) is 11.3 Å². The van der Waals surface area contributed by atoms with Gasteiger partial charge in [0.15, 0.2) is 0 Å². The molecule has 2 fully saturated rings. The van der Waals surface area contributed by atoms with Gasteiger partial charge in [0, 0.05) is 32.1 Å². The molecule has 2 saturated heterocycles. The number of furan rings is 1. The largest absolute Gasteiger partial charge is 0.467 e. The minimum Gasteiger partial charge on any atom is -0.467 e. The average molecular weight is 308 g/mol. The number of morpholine rings is 1. The zero-order chi connectivity index (χ0) is 15.7. The summed E-state index contributed by atoms with van der Waals surface area (Å²) in [5, 5.41) is 10.2. The molecule has 2 aliphatic heterocycles. The number of likely N-dealkylation sites (tertiary alicyclic amines) is 1. The fraction of sp³-hybridized carbons (Fsp3) is 0.688. The molecule has 6 heteroatoms. The SMILES string of the molecule is CC1CN(C(=O)c2coc(CN3CCOCC3)c2)CC1(C)O. The van der Waals surface area contributed by atoms with Gasteiger partial charge in [-0.05, 0) is 13.0 Å². The lowest BCUT2D eigenvalue weighted by Crippen LogP contribution is -2.35. The fourth-order valence-corrected chi connectivity index (χ4v) is 3.03. The van der Waals surface area contributed by atoms with E-state index in [1.54, 1.807) is 11.8 Å². The molecule has 0 aliphatic carbocycles. The van der Waals surface area contributed by atoms with Gasteiger partial charge >= 0.3 is 0 Å². The number of amides is 1. The van der Waals surface area contributed by atoms with E-state index in [0.717, 1.165) is 32.1 Å². The quantitative estimate of drug-likeness (QED) is 0.901. The summed E-state index contributed by atoms with van der Waals surface area (Å²) in [5.41, 5.74) is -0.246. The number of aliphatic hydroxyl groups is 1. The first-order valence-electron chi connectivity index (χ1n) is 7.85. The van der Waals surface area contributed by atoms with Gasteiger partial charge in [-0.1, -0.05) is 6.92 Å². The van der Waals surface area contributed by atoms with Crippen LogP contribution in [-0.4, -0.2) is 65.8 Å². The van der Waals surface area contributed by atoms with Crippen LogP contribution in [0.15, 0.2) is 16.7 Å². The molecule has 0 bridgehead atoms. The first-order valence-corrected chi connectivity index (χ1v) is 7.85. The van der Waals surface area contributed by atoms with Crippen LogP contribution in [0, 0.1) is 5.92 Å². The maximum atomic E-state index is 12.5. The van der Waals surface area contributed by atoms with Gasteiger partial charge in [-0.15, -0.1) is 0 Å². The van der Waals surface area contributed by atoms with Gasteiger partial charge < -0.3 is 19.2 Å². The van der Waals surface area contributed by atoms with Crippen LogP contribution in [0.5, 0.6) is 0 Å². The van der Waals surface area contributed by atoms with Crippen molar-refractivity contribution in [3.05, 3.63) is 23.7 Å². The van der Waals surface area contributed by atoms with Crippen molar-refractivity contribution < 1.29 is 19.1 Å². The molecule has 0 spiro atoms. The minimum absolute atomic E-state index is 0.0680. The Morgan fingerprint density at radius 1 is 1.45 bits per heavy atom. The van der Waals surface area contributed by atoms with Crippen molar-refractivity contribution in [3.63, 3.8) is 0 Å². The highest BCUT2D eigenvalue weighted by Crippen LogP contribution is 2.28. The van der Waals surface area contributed by atoms with Crippen LogP contribution >= 0.6 is 0 Å². The predicted molar refractivity (Wildman–Crippen MR) is 80.5 cm³/mol. The van der Waals surface area contributed by atoms with E-state index in [9.17, 15) is 9.90 Å². The molecule has 1 aromatic rings. The normalized spacial score (nSPS) is 30.0. The smallest absolute Gasteiger partial charge is 0.257 e. The average Bonchev–Trinajstić information content (AvgIpc) is 3.05. The third-order valence-corrected chi connectivity index (χ3v) is 4.74. The van der Waals surface area contributed by atoms with E-state index >= 15 is 0 Å². The maximum absolute atomic E-state index is 12.5. The van der Waals surface area contributed by atoms with Gasteiger partial charge in [-0.2, -0.15) is 0 Å². The van der Waals surface area contributed by atoms with Crippen LogP contribution in [0.2, 0.25) is 0 Å². The number of nitrogens with zero attached hydrogens (tertiary/aromatic N) is 2. The van der Waals surface area contributed by atoms with Crippen molar-refractivity contribution in [1.29, 1.82) is 0 Å². The summed E-state index contributed by atoms with van der Waals surface area (Å²) >= 11 is 0. The summed E-state index contributed by atoms with van der Waals surface area (Å²) in [7, 11) is 0. The molecule has 2 unspecified atom stereocenters. The Labute approximate surface area is 130 Å². The van der Waals surface area contributed by atoms with Crippen molar-refractivity contribution in [3.8, 4) is 0 Å². The molecule has 2 atom stereocenters. The Hall–Kier alpha value is -1.37. The third-order valence-electron chi connectivity index (χ3n) is 4.74. The number of carbonyl (C=O) groups excluding carboxylic acids is 1. The van der Waals surface area contributed by atoms with Crippen LogP contribution in [0.3, 0.4) is 0 Å². The van der Waals surface area contributed by atoms with E-state index in [1.165, 1.54) is 6.26 Å². The highest BCUT2D eigenvalue weighted by atomic mass is 16.5.